The summed E-state index contributed by atoms with van der Waals surface area (Å²) >= 11 is 2.06. The maximum Gasteiger partial charge on any atom is 0.123 e. The molecule has 1 atom stereocenters. The van der Waals surface area contributed by atoms with Crippen molar-refractivity contribution in [2.24, 2.45) is 5.73 Å². The van der Waals surface area contributed by atoms with E-state index >= 15 is 0 Å². The van der Waals surface area contributed by atoms with E-state index in [9.17, 15) is 4.39 Å². The van der Waals surface area contributed by atoms with Gasteiger partial charge in [0.15, 0.2) is 0 Å². The highest BCUT2D eigenvalue weighted by Crippen LogP contribution is 2.30. The molecule has 20 heavy (non-hydrogen) atoms. The molecule has 2 nitrogen and oxygen atoms in total. The highest BCUT2D eigenvalue weighted by atomic mass is 32.2. The van der Waals surface area contributed by atoms with Crippen LogP contribution in [0.3, 0.4) is 0 Å². The van der Waals surface area contributed by atoms with Gasteiger partial charge in [-0.25, -0.2) is 4.39 Å². The summed E-state index contributed by atoms with van der Waals surface area (Å²) in [5, 5.41) is 0. The molecule has 2 N–H and O–H groups in total. The highest BCUT2D eigenvalue weighted by molar-refractivity contribution is 8.00. The Morgan fingerprint density at radius 2 is 2.20 bits per heavy atom. The van der Waals surface area contributed by atoms with Crippen LogP contribution in [0.15, 0.2) is 24.3 Å². The van der Waals surface area contributed by atoms with Crippen LogP contribution in [-0.2, 0) is 0 Å². The summed E-state index contributed by atoms with van der Waals surface area (Å²) in [5.74, 6) is 0.980. The van der Waals surface area contributed by atoms with Gasteiger partial charge in [0.05, 0.1) is 0 Å². The van der Waals surface area contributed by atoms with Crippen molar-refractivity contribution in [1.29, 1.82) is 0 Å². The Labute approximate surface area is 125 Å². The molecule has 1 aliphatic heterocycles. The first-order chi connectivity index (χ1) is 9.46. The molecule has 1 aromatic carbocycles. The first kappa shape index (κ1) is 15.8. The Morgan fingerprint density at radius 1 is 1.40 bits per heavy atom. The molecule has 4 heteroatoms. The Kier molecular flexibility index (Phi) is 5.47. The summed E-state index contributed by atoms with van der Waals surface area (Å²) < 4.78 is 13.6. The van der Waals surface area contributed by atoms with Gasteiger partial charge in [-0.2, -0.15) is 11.8 Å². The Hall–Kier alpha value is -0.580. The van der Waals surface area contributed by atoms with Crippen molar-refractivity contribution in [1.82, 2.24) is 4.90 Å². The monoisotopic (exact) mass is 296 g/mol. The Balaban J connectivity index is 1.83. The molecule has 0 radical (unpaired) electrons. The second-order valence-electron chi connectivity index (χ2n) is 6.15. The van der Waals surface area contributed by atoms with Gasteiger partial charge in [0.2, 0.25) is 0 Å². The standard InChI is InChI=1S/C16H25FN2S/c1-16(2)7-9-19(10-11-20-16)8-6-15(18)13-4-3-5-14(17)12-13/h3-5,12,15H,6-11,18H2,1-2H3. The molecular weight excluding hydrogens is 271 g/mol. The van der Waals surface area contributed by atoms with Crippen molar-refractivity contribution in [3.05, 3.63) is 35.6 Å². The molecule has 1 unspecified atom stereocenters. The van der Waals surface area contributed by atoms with Gasteiger partial charge in [-0.15, -0.1) is 0 Å². The maximum atomic E-state index is 13.2. The second-order valence-corrected chi connectivity index (χ2v) is 7.95. The molecule has 0 aromatic heterocycles. The van der Waals surface area contributed by atoms with Crippen LogP contribution in [-0.4, -0.2) is 35.0 Å². The fourth-order valence-corrected chi connectivity index (χ4v) is 3.65. The molecule has 2 rings (SSSR count). The van der Waals surface area contributed by atoms with Crippen LogP contribution in [0.2, 0.25) is 0 Å². The van der Waals surface area contributed by atoms with Crippen molar-refractivity contribution in [2.45, 2.75) is 37.5 Å². The van der Waals surface area contributed by atoms with Gasteiger partial charge in [-0.3, -0.25) is 0 Å². The van der Waals surface area contributed by atoms with Gasteiger partial charge in [0.1, 0.15) is 5.82 Å². The van der Waals surface area contributed by atoms with Crippen molar-refractivity contribution in [3.8, 4) is 0 Å². The quantitative estimate of drug-likeness (QED) is 0.923. The average Bonchev–Trinajstić information content (AvgIpc) is 2.57. The van der Waals surface area contributed by atoms with Crippen molar-refractivity contribution < 1.29 is 4.39 Å². The zero-order valence-electron chi connectivity index (χ0n) is 12.4. The molecule has 0 spiro atoms. The zero-order chi connectivity index (χ0) is 14.6. The Bertz CT molecular complexity index is 436. The predicted molar refractivity (Wildman–Crippen MR) is 85.5 cm³/mol. The molecule has 1 aliphatic rings. The number of hydrogen-bond donors (Lipinski definition) is 1. The molecule has 1 saturated heterocycles. The van der Waals surface area contributed by atoms with Gasteiger partial charge in [0, 0.05) is 23.1 Å². The summed E-state index contributed by atoms with van der Waals surface area (Å²) in [6.07, 6.45) is 2.10. The third-order valence-electron chi connectivity index (χ3n) is 3.96. The van der Waals surface area contributed by atoms with E-state index in [-0.39, 0.29) is 11.9 Å². The lowest BCUT2D eigenvalue weighted by molar-refractivity contribution is 0.273. The normalized spacial score (nSPS) is 21.4. The van der Waals surface area contributed by atoms with E-state index in [0.717, 1.165) is 31.6 Å². The van der Waals surface area contributed by atoms with E-state index in [2.05, 4.69) is 30.5 Å². The molecule has 0 bridgehead atoms. The summed E-state index contributed by atoms with van der Waals surface area (Å²) in [4.78, 5) is 2.49. The molecular formula is C16H25FN2S. The molecule has 1 fully saturated rings. The molecule has 0 aliphatic carbocycles. The van der Waals surface area contributed by atoms with E-state index in [1.54, 1.807) is 12.1 Å². The first-order valence-corrected chi connectivity index (χ1v) is 8.32. The SMILES string of the molecule is CC1(C)CCN(CCC(N)c2cccc(F)c2)CCS1. The van der Waals surface area contributed by atoms with E-state index in [1.807, 2.05) is 6.07 Å². The third kappa shape index (κ3) is 4.76. The minimum absolute atomic E-state index is 0.0744. The summed E-state index contributed by atoms with van der Waals surface area (Å²) in [7, 11) is 0. The Morgan fingerprint density at radius 3 is 2.95 bits per heavy atom. The molecule has 0 amide bonds. The van der Waals surface area contributed by atoms with Crippen LogP contribution < -0.4 is 5.73 Å². The van der Waals surface area contributed by atoms with E-state index in [0.29, 0.717) is 4.75 Å². The van der Waals surface area contributed by atoms with Crippen molar-refractivity contribution in [3.63, 3.8) is 0 Å². The van der Waals surface area contributed by atoms with E-state index < -0.39 is 0 Å². The van der Waals surface area contributed by atoms with Gasteiger partial charge < -0.3 is 10.6 Å². The van der Waals surface area contributed by atoms with Crippen LogP contribution in [0, 0.1) is 5.82 Å². The fraction of sp³-hybridized carbons (Fsp3) is 0.625. The predicted octanol–water partition coefficient (Wildman–Crippen LogP) is 3.43. The lowest BCUT2D eigenvalue weighted by Crippen LogP contribution is -2.30. The minimum Gasteiger partial charge on any atom is -0.324 e. The van der Waals surface area contributed by atoms with E-state index in [4.69, 9.17) is 5.73 Å². The lowest BCUT2D eigenvalue weighted by atomic mass is 10.0. The number of nitrogens with two attached hydrogens (primary N) is 1. The van der Waals surface area contributed by atoms with Gasteiger partial charge in [-0.05, 0) is 43.6 Å². The minimum atomic E-state index is -0.203. The lowest BCUT2D eigenvalue weighted by Gasteiger charge is -2.23. The second kappa shape index (κ2) is 6.92. The number of nitrogens with zero attached hydrogens (tertiary/aromatic N) is 1. The van der Waals surface area contributed by atoms with Crippen LogP contribution in [0.1, 0.15) is 38.3 Å². The molecule has 1 heterocycles. The van der Waals surface area contributed by atoms with Crippen LogP contribution in [0.5, 0.6) is 0 Å². The highest BCUT2D eigenvalue weighted by Gasteiger charge is 2.23. The van der Waals surface area contributed by atoms with Gasteiger partial charge in [-0.1, -0.05) is 26.0 Å². The molecule has 112 valence electrons. The topological polar surface area (TPSA) is 29.3 Å². The first-order valence-electron chi connectivity index (χ1n) is 7.34. The third-order valence-corrected chi connectivity index (χ3v) is 5.34. The number of thioether (sulfide) groups is 1. The molecule has 1 aromatic rings. The molecule has 0 saturated carbocycles. The van der Waals surface area contributed by atoms with Crippen LogP contribution in [0.4, 0.5) is 4.39 Å². The smallest absolute Gasteiger partial charge is 0.123 e. The van der Waals surface area contributed by atoms with Crippen molar-refractivity contribution in [2.75, 3.05) is 25.4 Å². The van der Waals surface area contributed by atoms with Gasteiger partial charge >= 0.3 is 0 Å². The number of benzene rings is 1. The van der Waals surface area contributed by atoms with Gasteiger partial charge in [0.25, 0.3) is 0 Å². The number of halogens is 1. The van der Waals surface area contributed by atoms with Crippen LogP contribution in [0.25, 0.3) is 0 Å². The number of hydrogen-bond acceptors (Lipinski definition) is 3. The van der Waals surface area contributed by atoms with E-state index in [1.165, 1.54) is 18.2 Å². The summed E-state index contributed by atoms with van der Waals surface area (Å²) in [5.41, 5.74) is 7.07. The average molecular weight is 296 g/mol. The number of rotatable bonds is 4. The summed E-state index contributed by atoms with van der Waals surface area (Å²) in [6, 6.07) is 6.58. The zero-order valence-corrected chi connectivity index (χ0v) is 13.3. The maximum absolute atomic E-state index is 13.2. The summed E-state index contributed by atoms with van der Waals surface area (Å²) in [6.45, 7) is 7.90. The van der Waals surface area contributed by atoms with Crippen LogP contribution >= 0.6 is 11.8 Å². The largest absolute Gasteiger partial charge is 0.324 e. The van der Waals surface area contributed by atoms with Crippen molar-refractivity contribution >= 4 is 11.8 Å². The fourth-order valence-electron chi connectivity index (χ4n) is 2.51.